The zero-order chi connectivity index (χ0) is 14.0. The molecule has 5 heteroatoms. The third kappa shape index (κ3) is 3.94. The Bertz CT molecular complexity index is 442. The first-order valence-electron chi connectivity index (χ1n) is 6.80. The summed E-state index contributed by atoms with van der Waals surface area (Å²) in [5, 5.41) is 3.35. The summed E-state index contributed by atoms with van der Waals surface area (Å²) in [6.07, 6.45) is 0. The molecule has 1 aromatic carbocycles. The van der Waals surface area contributed by atoms with Crippen LogP contribution in [0.15, 0.2) is 22.7 Å². The van der Waals surface area contributed by atoms with E-state index in [1.165, 1.54) is 0 Å². The highest BCUT2D eigenvalue weighted by molar-refractivity contribution is 9.10. The van der Waals surface area contributed by atoms with Crippen molar-refractivity contribution in [3.05, 3.63) is 34.1 Å². The minimum atomic E-state index is -0.124. The lowest BCUT2D eigenvalue weighted by atomic mass is 9.80. The first-order valence-corrected chi connectivity index (χ1v) is 7.59. The number of benzene rings is 1. The van der Waals surface area contributed by atoms with Gasteiger partial charge >= 0.3 is 0 Å². The zero-order valence-electron chi connectivity index (χ0n) is 12.2. The van der Waals surface area contributed by atoms with Gasteiger partial charge in [0.2, 0.25) is 0 Å². The molecule has 1 aliphatic heterocycles. The van der Waals surface area contributed by atoms with Gasteiger partial charge < -0.3 is 5.32 Å². The second kappa shape index (κ2) is 7.21. The molecule has 0 unspecified atom stereocenters. The highest BCUT2D eigenvalue weighted by atomic mass is 79.9. The van der Waals surface area contributed by atoms with Crippen molar-refractivity contribution in [3.63, 3.8) is 0 Å². The molecular weight excluding hydrogens is 343 g/mol. The molecular formula is C15H23BrClFN2. The monoisotopic (exact) mass is 364 g/mol. The zero-order valence-corrected chi connectivity index (χ0v) is 14.7. The van der Waals surface area contributed by atoms with E-state index in [2.05, 4.69) is 46.9 Å². The third-order valence-electron chi connectivity index (χ3n) is 3.61. The van der Waals surface area contributed by atoms with Crippen LogP contribution in [0.5, 0.6) is 0 Å². The normalized spacial score (nSPS) is 18.4. The van der Waals surface area contributed by atoms with Crippen molar-refractivity contribution in [2.75, 3.05) is 26.2 Å². The van der Waals surface area contributed by atoms with E-state index >= 15 is 0 Å². The Balaban J connectivity index is 0.00000200. The van der Waals surface area contributed by atoms with Gasteiger partial charge in [-0.1, -0.05) is 32.9 Å². The number of nitrogens with zero attached hydrogens (tertiary/aromatic N) is 1. The Hall–Kier alpha value is -0.160. The Morgan fingerprint density at radius 2 is 1.85 bits per heavy atom. The molecule has 20 heavy (non-hydrogen) atoms. The molecule has 0 spiro atoms. The van der Waals surface area contributed by atoms with Crippen molar-refractivity contribution in [1.82, 2.24) is 10.2 Å². The molecule has 0 bridgehead atoms. The lowest BCUT2D eigenvalue weighted by Crippen LogP contribution is -2.48. The van der Waals surface area contributed by atoms with Gasteiger partial charge in [0.15, 0.2) is 0 Å². The third-order valence-corrected chi connectivity index (χ3v) is 4.23. The molecule has 2 nitrogen and oxygen atoms in total. The average Bonchev–Trinajstić information content (AvgIpc) is 2.35. The van der Waals surface area contributed by atoms with Crippen molar-refractivity contribution in [3.8, 4) is 0 Å². The summed E-state index contributed by atoms with van der Waals surface area (Å²) in [4.78, 5) is 2.39. The van der Waals surface area contributed by atoms with Crippen LogP contribution in [0.25, 0.3) is 0 Å². The van der Waals surface area contributed by atoms with E-state index in [1.54, 1.807) is 6.07 Å². The summed E-state index contributed by atoms with van der Waals surface area (Å²) in [7, 11) is 0. The SMILES string of the molecule is CC(C)(C)[C@@H](c1cccc(Br)c1F)N1CCNCC1.Cl. The molecule has 1 aliphatic rings. The summed E-state index contributed by atoms with van der Waals surface area (Å²) >= 11 is 3.30. The van der Waals surface area contributed by atoms with E-state index in [-0.39, 0.29) is 29.7 Å². The Labute approximate surface area is 135 Å². The second-order valence-corrected chi connectivity index (χ2v) is 7.05. The lowest BCUT2D eigenvalue weighted by molar-refractivity contribution is 0.0833. The van der Waals surface area contributed by atoms with Crippen LogP contribution >= 0.6 is 28.3 Å². The van der Waals surface area contributed by atoms with Crippen LogP contribution in [0.3, 0.4) is 0 Å². The maximum Gasteiger partial charge on any atom is 0.142 e. The molecule has 114 valence electrons. The Morgan fingerprint density at radius 1 is 1.25 bits per heavy atom. The van der Waals surface area contributed by atoms with Crippen LogP contribution in [0.4, 0.5) is 4.39 Å². The number of nitrogens with one attached hydrogen (secondary N) is 1. The van der Waals surface area contributed by atoms with E-state index in [0.717, 1.165) is 31.7 Å². The largest absolute Gasteiger partial charge is 0.314 e. The van der Waals surface area contributed by atoms with E-state index < -0.39 is 0 Å². The van der Waals surface area contributed by atoms with Crippen LogP contribution in [-0.4, -0.2) is 31.1 Å². The van der Waals surface area contributed by atoms with Crippen molar-refractivity contribution in [2.45, 2.75) is 26.8 Å². The minimum absolute atomic E-state index is 0. The van der Waals surface area contributed by atoms with Gasteiger partial charge in [-0.3, -0.25) is 4.90 Å². The fraction of sp³-hybridized carbons (Fsp3) is 0.600. The predicted octanol–water partition coefficient (Wildman–Crippen LogP) is 4.00. The van der Waals surface area contributed by atoms with Gasteiger partial charge in [-0.05, 0) is 27.4 Å². The highest BCUT2D eigenvalue weighted by Crippen LogP contribution is 2.40. The van der Waals surface area contributed by atoms with Gasteiger partial charge in [-0.2, -0.15) is 0 Å². The summed E-state index contributed by atoms with van der Waals surface area (Å²) < 4.78 is 15.0. The molecule has 2 rings (SSSR count). The molecule has 0 saturated carbocycles. The van der Waals surface area contributed by atoms with Gasteiger partial charge in [0.1, 0.15) is 5.82 Å². The van der Waals surface area contributed by atoms with Crippen LogP contribution < -0.4 is 5.32 Å². The number of hydrogen-bond acceptors (Lipinski definition) is 2. The topological polar surface area (TPSA) is 15.3 Å². The van der Waals surface area contributed by atoms with Crippen LogP contribution in [0.1, 0.15) is 32.4 Å². The fourth-order valence-electron chi connectivity index (χ4n) is 2.88. The summed E-state index contributed by atoms with van der Waals surface area (Å²) in [6, 6.07) is 5.70. The summed E-state index contributed by atoms with van der Waals surface area (Å²) in [5.41, 5.74) is 0.794. The standard InChI is InChI=1S/C15H22BrFN2.ClH/c1-15(2,3)14(19-9-7-18-8-10-19)11-5-4-6-12(16)13(11)17;/h4-6,14,18H,7-10H2,1-3H3;1H/t14-;/m1./s1. The van der Waals surface area contributed by atoms with Gasteiger partial charge in [-0.25, -0.2) is 4.39 Å². The minimum Gasteiger partial charge on any atom is -0.314 e. The van der Waals surface area contributed by atoms with Crippen molar-refractivity contribution in [1.29, 1.82) is 0 Å². The lowest BCUT2D eigenvalue weighted by Gasteiger charge is -2.42. The summed E-state index contributed by atoms with van der Waals surface area (Å²) in [5.74, 6) is -0.124. The molecule has 1 aromatic rings. The molecule has 1 heterocycles. The predicted molar refractivity (Wildman–Crippen MR) is 88.0 cm³/mol. The fourth-order valence-corrected chi connectivity index (χ4v) is 3.26. The van der Waals surface area contributed by atoms with Crippen LogP contribution in [0, 0.1) is 11.2 Å². The smallest absolute Gasteiger partial charge is 0.142 e. The van der Waals surface area contributed by atoms with E-state index in [0.29, 0.717) is 4.47 Å². The second-order valence-electron chi connectivity index (χ2n) is 6.20. The first kappa shape index (κ1) is 17.9. The van der Waals surface area contributed by atoms with Crippen molar-refractivity contribution >= 4 is 28.3 Å². The number of hydrogen-bond donors (Lipinski definition) is 1. The molecule has 1 atom stereocenters. The van der Waals surface area contributed by atoms with Crippen LogP contribution in [0.2, 0.25) is 0 Å². The maximum atomic E-state index is 14.4. The van der Waals surface area contributed by atoms with Gasteiger partial charge in [-0.15, -0.1) is 12.4 Å². The number of piperazine rings is 1. The van der Waals surface area contributed by atoms with Gasteiger partial charge in [0.05, 0.1) is 4.47 Å². The quantitative estimate of drug-likeness (QED) is 0.852. The van der Waals surface area contributed by atoms with Crippen molar-refractivity contribution in [2.24, 2.45) is 5.41 Å². The Kier molecular flexibility index (Phi) is 6.45. The molecule has 0 amide bonds. The summed E-state index contributed by atoms with van der Waals surface area (Å²) in [6.45, 7) is 10.4. The van der Waals surface area contributed by atoms with E-state index in [9.17, 15) is 4.39 Å². The number of halogens is 3. The number of rotatable bonds is 2. The van der Waals surface area contributed by atoms with Crippen molar-refractivity contribution < 1.29 is 4.39 Å². The van der Waals surface area contributed by atoms with E-state index in [4.69, 9.17) is 0 Å². The Morgan fingerprint density at radius 3 is 2.40 bits per heavy atom. The van der Waals surface area contributed by atoms with Crippen LogP contribution in [-0.2, 0) is 0 Å². The first-order chi connectivity index (χ1) is 8.91. The molecule has 0 radical (unpaired) electrons. The van der Waals surface area contributed by atoms with E-state index in [1.807, 2.05) is 12.1 Å². The molecule has 0 aromatic heterocycles. The molecule has 1 N–H and O–H groups in total. The molecule has 1 saturated heterocycles. The molecule has 1 fully saturated rings. The van der Waals surface area contributed by atoms with Gasteiger partial charge in [0, 0.05) is 37.8 Å². The average molecular weight is 366 g/mol. The molecule has 0 aliphatic carbocycles. The highest BCUT2D eigenvalue weighted by Gasteiger charge is 2.34. The van der Waals surface area contributed by atoms with Gasteiger partial charge in [0.25, 0.3) is 0 Å². The maximum absolute atomic E-state index is 14.4.